The summed E-state index contributed by atoms with van der Waals surface area (Å²) >= 11 is 7.15. The molecule has 2 aromatic rings. The Morgan fingerprint density at radius 3 is 1.80 bits per heavy atom. The predicted molar refractivity (Wildman–Crippen MR) is 82.5 cm³/mol. The van der Waals surface area contributed by atoms with Crippen molar-refractivity contribution in [1.29, 1.82) is 0 Å². The number of ether oxygens (including phenoxy) is 1. The van der Waals surface area contributed by atoms with E-state index in [2.05, 4.69) is 30.9 Å². The van der Waals surface area contributed by atoms with Crippen molar-refractivity contribution in [2.45, 2.75) is 18.8 Å². The molecular weight excluding hydrogens is 270 g/mol. The van der Waals surface area contributed by atoms with Crippen LogP contribution in [0, 0.1) is 0 Å². The fourth-order valence-electron chi connectivity index (χ4n) is 2.92. The SMILES string of the molecule is CCN(CC)C1(Cl)c2ccccc2Oc2ccccc21. The summed E-state index contributed by atoms with van der Waals surface area (Å²) in [6, 6.07) is 16.0. The summed E-state index contributed by atoms with van der Waals surface area (Å²) in [7, 11) is 0. The number of alkyl halides is 1. The van der Waals surface area contributed by atoms with Gasteiger partial charge in [-0.25, -0.2) is 0 Å². The molecule has 1 heterocycles. The van der Waals surface area contributed by atoms with Gasteiger partial charge in [-0.15, -0.1) is 0 Å². The molecule has 1 aliphatic rings. The Bertz CT molecular complexity index is 576. The highest BCUT2D eigenvalue weighted by atomic mass is 35.5. The number of halogens is 1. The minimum Gasteiger partial charge on any atom is -0.457 e. The molecular formula is C17H18ClNO. The molecule has 0 aromatic heterocycles. The van der Waals surface area contributed by atoms with E-state index in [9.17, 15) is 0 Å². The topological polar surface area (TPSA) is 12.5 Å². The van der Waals surface area contributed by atoms with Crippen LogP contribution in [0.15, 0.2) is 48.5 Å². The lowest BCUT2D eigenvalue weighted by Gasteiger charge is -2.42. The van der Waals surface area contributed by atoms with Crippen molar-refractivity contribution in [2.75, 3.05) is 13.1 Å². The van der Waals surface area contributed by atoms with Crippen LogP contribution in [0.3, 0.4) is 0 Å². The van der Waals surface area contributed by atoms with Crippen molar-refractivity contribution in [1.82, 2.24) is 4.90 Å². The molecule has 20 heavy (non-hydrogen) atoms. The zero-order chi connectivity index (χ0) is 14.2. The highest BCUT2D eigenvalue weighted by Gasteiger charge is 2.44. The standard InChI is InChI=1S/C17H18ClNO/c1-3-19(4-2)17(18)13-9-5-7-11-15(13)20-16-12-8-6-10-14(16)17/h5-12H,3-4H2,1-2H3. The van der Waals surface area contributed by atoms with E-state index < -0.39 is 5.00 Å². The Kier molecular flexibility index (Phi) is 3.45. The Labute approximate surface area is 124 Å². The van der Waals surface area contributed by atoms with Gasteiger partial charge in [0.25, 0.3) is 0 Å². The van der Waals surface area contributed by atoms with Gasteiger partial charge in [0, 0.05) is 11.1 Å². The molecule has 0 bridgehead atoms. The summed E-state index contributed by atoms with van der Waals surface area (Å²) in [5, 5.41) is 0. The molecule has 0 spiro atoms. The second-order valence-electron chi connectivity index (χ2n) is 4.89. The molecule has 0 aliphatic carbocycles. The fourth-order valence-corrected chi connectivity index (χ4v) is 3.47. The van der Waals surface area contributed by atoms with Crippen LogP contribution < -0.4 is 4.74 Å². The first kappa shape index (κ1) is 13.5. The van der Waals surface area contributed by atoms with Gasteiger partial charge in [0.05, 0.1) is 0 Å². The molecule has 3 heteroatoms. The molecule has 2 aromatic carbocycles. The van der Waals surface area contributed by atoms with Crippen LogP contribution in [-0.2, 0) is 5.00 Å². The number of benzene rings is 2. The van der Waals surface area contributed by atoms with Crippen LogP contribution in [-0.4, -0.2) is 18.0 Å². The number of fused-ring (bicyclic) bond motifs is 2. The first-order chi connectivity index (χ1) is 9.71. The second kappa shape index (κ2) is 5.12. The second-order valence-corrected chi connectivity index (χ2v) is 5.44. The molecule has 3 rings (SSSR count). The van der Waals surface area contributed by atoms with Crippen LogP contribution in [0.5, 0.6) is 11.5 Å². The maximum atomic E-state index is 7.15. The van der Waals surface area contributed by atoms with Gasteiger partial charge in [-0.05, 0) is 25.2 Å². The van der Waals surface area contributed by atoms with Gasteiger partial charge < -0.3 is 4.74 Å². The number of rotatable bonds is 3. The van der Waals surface area contributed by atoms with E-state index in [-0.39, 0.29) is 0 Å². The van der Waals surface area contributed by atoms with Crippen LogP contribution in [0.1, 0.15) is 25.0 Å². The minimum atomic E-state index is -0.658. The minimum absolute atomic E-state index is 0.658. The van der Waals surface area contributed by atoms with Gasteiger partial charge in [0.15, 0.2) is 5.00 Å². The van der Waals surface area contributed by atoms with Crippen molar-refractivity contribution in [3.05, 3.63) is 59.7 Å². The third-order valence-corrected chi connectivity index (χ3v) is 4.55. The number of hydrogen-bond acceptors (Lipinski definition) is 2. The molecule has 1 aliphatic heterocycles. The Balaban J connectivity index is 2.27. The lowest BCUT2D eigenvalue weighted by molar-refractivity contribution is 0.199. The molecule has 0 amide bonds. The van der Waals surface area contributed by atoms with Gasteiger partial charge >= 0.3 is 0 Å². The molecule has 0 saturated heterocycles. The van der Waals surface area contributed by atoms with E-state index in [0.717, 1.165) is 35.7 Å². The summed E-state index contributed by atoms with van der Waals surface area (Å²) < 4.78 is 6.00. The van der Waals surface area contributed by atoms with Gasteiger partial charge in [0.1, 0.15) is 11.5 Å². The first-order valence-electron chi connectivity index (χ1n) is 7.02. The number of para-hydroxylation sites is 2. The predicted octanol–water partition coefficient (Wildman–Crippen LogP) is 4.57. The van der Waals surface area contributed by atoms with Crippen molar-refractivity contribution >= 4 is 11.6 Å². The average Bonchev–Trinajstić information content (AvgIpc) is 2.49. The van der Waals surface area contributed by atoms with Crippen molar-refractivity contribution in [3.8, 4) is 11.5 Å². The quantitative estimate of drug-likeness (QED) is 0.605. The Hall–Kier alpha value is -1.51. The summed E-state index contributed by atoms with van der Waals surface area (Å²) in [6.07, 6.45) is 0. The summed E-state index contributed by atoms with van der Waals surface area (Å²) in [5.74, 6) is 1.68. The van der Waals surface area contributed by atoms with Crippen LogP contribution in [0.2, 0.25) is 0 Å². The molecule has 0 unspecified atom stereocenters. The van der Waals surface area contributed by atoms with Gasteiger partial charge in [-0.3, -0.25) is 4.90 Å². The monoisotopic (exact) mass is 287 g/mol. The third-order valence-electron chi connectivity index (χ3n) is 3.91. The van der Waals surface area contributed by atoms with E-state index >= 15 is 0 Å². The summed E-state index contributed by atoms with van der Waals surface area (Å²) in [4.78, 5) is 1.60. The van der Waals surface area contributed by atoms with E-state index in [1.165, 1.54) is 0 Å². The largest absolute Gasteiger partial charge is 0.457 e. The number of hydrogen-bond donors (Lipinski definition) is 0. The molecule has 2 nitrogen and oxygen atoms in total. The lowest BCUT2D eigenvalue weighted by Crippen LogP contribution is -2.44. The first-order valence-corrected chi connectivity index (χ1v) is 7.40. The molecule has 0 atom stereocenters. The van der Waals surface area contributed by atoms with Crippen LogP contribution in [0.4, 0.5) is 0 Å². The number of nitrogens with zero attached hydrogens (tertiary/aromatic N) is 1. The molecule has 0 fully saturated rings. The van der Waals surface area contributed by atoms with Crippen LogP contribution in [0.25, 0.3) is 0 Å². The van der Waals surface area contributed by atoms with Gasteiger partial charge in [0.2, 0.25) is 0 Å². The lowest BCUT2D eigenvalue weighted by atomic mass is 9.92. The van der Waals surface area contributed by atoms with E-state index in [1.54, 1.807) is 0 Å². The Morgan fingerprint density at radius 1 is 0.900 bits per heavy atom. The zero-order valence-electron chi connectivity index (χ0n) is 11.8. The van der Waals surface area contributed by atoms with E-state index in [0.29, 0.717) is 0 Å². The smallest absolute Gasteiger partial charge is 0.154 e. The van der Waals surface area contributed by atoms with Gasteiger partial charge in [-0.2, -0.15) is 0 Å². The van der Waals surface area contributed by atoms with Gasteiger partial charge in [-0.1, -0.05) is 61.8 Å². The molecule has 0 radical (unpaired) electrons. The zero-order valence-corrected chi connectivity index (χ0v) is 12.5. The summed E-state index contributed by atoms with van der Waals surface area (Å²) in [6.45, 7) is 6.02. The van der Waals surface area contributed by atoms with Crippen molar-refractivity contribution in [2.24, 2.45) is 0 Å². The fraction of sp³-hybridized carbons (Fsp3) is 0.294. The van der Waals surface area contributed by atoms with Crippen LogP contribution >= 0.6 is 11.6 Å². The normalized spacial score (nSPS) is 15.4. The third kappa shape index (κ3) is 1.83. The van der Waals surface area contributed by atoms with Crippen molar-refractivity contribution in [3.63, 3.8) is 0 Å². The highest BCUT2D eigenvalue weighted by molar-refractivity contribution is 6.26. The average molecular weight is 288 g/mol. The maximum absolute atomic E-state index is 7.15. The molecule has 0 saturated carbocycles. The Morgan fingerprint density at radius 2 is 1.35 bits per heavy atom. The molecule has 104 valence electrons. The van der Waals surface area contributed by atoms with E-state index in [1.807, 2.05) is 36.4 Å². The van der Waals surface area contributed by atoms with Crippen molar-refractivity contribution < 1.29 is 4.74 Å². The summed E-state index contributed by atoms with van der Waals surface area (Å²) in [5.41, 5.74) is 2.04. The van der Waals surface area contributed by atoms with E-state index in [4.69, 9.17) is 16.3 Å². The maximum Gasteiger partial charge on any atom is 0.154 e. The molecule has 0 N–H and O–H groups in total. The highest BCUT2D eigenvalue weighted by Crippen LogP contribution is 2.52.